The third kappa shape index (κ3) is 9.37. The number of pyridine rings is 2. The van der Waals surface area contributed by atoms with Gasteiger partial charge in [-0.05, 0) is 69.7 Å². The van der Waals surface area contributed by atoms with Gasteiger partial charge in [0, 0.05) is 48.1 Å². The summed E-state index contributed by atoms with van der Waals surface area (Å²) >= 11 is 0. The number of hydrogen-bond donors (Lipinski definition) is 3. The molecule has 42 heavy (non-hydrogen) atoms. The Morgan fingerprint density at radius 3 is 2.29 bits per heavy atom. The molecule has 0 radical (unpaired) electrons. The fourth-order valence-corrected chi connectivity index (χ4v) is 4.66. The highest BCUT2D eigenvalue weighted by Crippen LogP contribution is 2.42. The molecule has 228 valence electrons. The summed E-state index contributed by atoms with van der Waals surface area (Å²) in [6.07, 6.45) is 3.57. The summed E-state index contributed by atoms with van der Waals surface area (Å²) in [6, 6.07) is 7.32. The molecule has 10 heteroatoms. The second kappa shape index (κ2) is 13.5. The molecule has 0 spiro atoms. The molecule has 1 aromatic carbocycles. The maximum absolute atomic E-state index is 15.1. The first-order valence-electron chi connectivity index (χ1n) is 14.1. The molecule has 0 atom stereocenters. The van der Waals surface area contributed by atoms with Crippen molar-refractivity contribution < 1.29 is 28.5 Å². The number of aromatic nitrogens is 2. The maximum Gasteiger partial charge on any atom is 0.307 e. The van der Waals surface area contributed by atoms with Gasteiger partial charge >= 0.3 is 5.97 Å². The number of piperidine rings is 1. The van der Waals surface area contributed by atoms with Gasteiger partial charge < -0.3 is 25.6 Å². The summed E-state index contributed by atoms with van der Waals surface area (Å²) in [6.45, 7) is 13.0. The van der Waals surface area contributed by atoms with Crippen molar-refractivity contribution in [2.75, 3.05) is 30.3 Å². The minimum atomic E-state index is -0.978. The van der Waals surface area contributed by atoms with Crippen LogP contribution >= 0.6 is 0 Å². The summed E-state index contributed by atoms with van der Waals surface area (Å²) in [4.78, 5) is 22.5. The first-order chi connectivity index (χ1) is 19.5. The van der Waals surface area contributed by atoms with Gasteiger partial charge in [0.15, 0.2) is 5.82 Å². The van der Waals surface area contributed by atoms with E-state index >= 15 is 4.39 Å². The van der Waals surface area contributed by atoms with E-state index in [4.69, 9.17) is 15.6 Å². The van der Waals surface area contributed by atoms with Crippen LogP contribution in [0, 0.1) is 24.0 Å². The molecule has 1 saturated heterocycles. The number of aliphatic hydroxyl groups is 1. The third-order valence-electron chi connectivity index (χ3n) is 6.90. The average molecular weight is 585 g/mol. The number of anilines is 2. The van der Waals surface area contributed by atoms with E-state index in [0.717, 1.165) is 31.5 Å². The lowest BCUT2D eigenvalue weighted by Crippen LogP contribution is -2.38. The van der Waals surface area contributed by atoms with Crippen molar-refractivity contribution >= 4 is 17.5 Å². The largest absolute Gasteiger partial charge is 0.481 e. The van der Waals surface area contributed by atoms with Gasteiger partial charge in [0.2, 0.25) is 5.88 Å². The number of nitrogen functional groups attached to an aromatic ring is 1. The number of carboxylic acid groups (broad SMARTS) is 1. The number of aliphatic carboxylic acids is 1. The molecule has 3 aromatic rings. The van der Waals surface area contributed by atoms with Crippen molar-refractivity contribution in [1.29, 1.82) is 0 Å². The van der Waals surface area contributed by atoms with Crippen LogP contribution < -0.4 is 15.4 Å². The number of rotatable bonds is 8. The number of aryl methyl sites for hydroxylation is 1. The highest BCUT2D eigenvalue weighted by atomic mass is 19.1. The second-order valence-electron chi connectivity index (χ2n) is 12.4. The Morgan fingerprint density at radius 2 is 1.74 bits per heavy atom. The fourth-order valence-electron chi connectivity index (χ4n) is 4.66. The Morgan fingerprint density at radius 1 is 1.14 bits per heavy atom. The molecule has 4 N–H and O–H groups in total. The van der Waals surface area contributed by atoms with Gasteiger partial charge in [-0.1, -0.05) is 26.0 Å². The van der Waals surface area contributed by atoms with Crippen molar-refractivity contribution in [1.82, 2.24) is 9.97 Å². The van der Waals surface area contributed by atoms with E-state index < -0.39 is 17.4 Å². The predicted molar refractivity (Wildman–Crippen MR) is 161 cm³/mol. The van der Waals surface area contributed by atoms with Crippen LogP contribution in [-0.4, -0.2) is 51.4 Å². The third-order valence-corrected chi connectivity index (χ3v) is 6.90. The number of hydrogen-bond acceptors (Lipinski definition) is 7. The van der Waals surface area contributed by atoms with Gasteiger partial charge in [-0.15, -0.1) is 0 Å². The minimum absolute atomic E-state index is 0.156. The predicted octanol–water partition coefficient (Wildman–Crippen LogP) is 5.96. The Kier molecular flexibility index (Phi) is 10.5. The Bertz CT molecular complexity index is 1370. The van der Waals surface area contributed by atoms with E-state index in [1.54, 1.807) is 39.8 Å². The van der Waals surface area contributed by atoms with Gasteiger partial charge in [-0.3, -0.25) is 4.79 Å². The molecular weight excluding hydrogens is 542 g/mol. The molecule has 3 heterocycles. The number of benzene rings is 1. The maximum atomic E-state index is 15.1. The topological polar surface area (TPSA) is 122 Å². The first kappa shape index (κ1) is 32.7. The van der Waals surface area contributed by atoms with E-state index in [9.17, 15) is 14.3 Å². The van der Waals surface area contributed by atoms with Crippen LogP contribution in [0.1, 0.15) is 64.3 Å². The highest BCUT2D eigenvalue weighted by molar-refractivity contribution is 5.90. The van der Waals surface area contributed by atoms with Gasteiger partial charge in [0.25, 0.3) is 0 Å². The molecular formula is C32H42F2N4O4. The van der Waals surface area contributed by atoms with Crippen molar-refractivity contribution in [3.63, 3.8) is 0 Å². The van der Waals surface area contributed by atoms with Crippen LogP contribution in [0.25, 0.3) is 11.1 Å². The zero-order valence-electron chi connectivity index (χ0n) is 25.3. The first-order valence-corrected chi connectivity index (χ1v) is 14.1. The Labute approximate surface area is 246 Å². The molecule has 0 unspecified atom stereocenters. The number of carboxylic acids is 1. The van der Waals surface area contributed by atoms with Crippen molar-refractivity contribution in [2.45, 2.75) is 72.8 Å². The van der Waals surface area contributed by atoms with E-state index in [-0.39, 0.29) is 36.0 Å². The quantitative estimate of drug-likeness (QED) is 0.296. The summed E-state index contributed by atoms with van der Waals surface area (Å²) < 4.78 is 33.7. The molecule has 2 aromatic heterocycles. The lowest BCUT2D eigenvalue weighted by atomic mass is 9.82. The molecule has 8 nitrogen and oxygen atoms in total. The van der Waals surface area contributed by atoms with Gasteiger partial charge in [-0.2, -0.15) is 0 Å². The normalized spacial score (nSPS) is 14.6. The molecule has 0 amide bonds. The second-order valence-corrected chi connectivity index (χ2v) is 12.4. The van der Waals surface area contributed by atoms with Gasteiger partial charge in [-0.25, -0.2) is 18.7 Å². The van der Waals surface area contributed by atoms with Crippen LogP contribution in [0.5, 0.6) is 5.88 Å². The molecule has 0 aliphatic carbocycles. The lowest BCUT2D eigenvalue weighted by Gasteiger charge is -2.40. The number of nitrogens with two attached hydrogens (primary N) is 1. The minimum Gasteiger partial charge on any atom is -0.481 e. The molecule has 0 bridgehead atoms. The molecule has 4 rings (SSSR count). The zero-order chi connectivity index (χ0) is 31.2. The monoisotopic (exact) mass is 584 g/mol. The molecule has 1 aliphatic heterocycles. The van der Waals surface area contributed by atoms with Crippen LogP contribution in [-0.2, 0) is 17.6 Å². The summed E-state index contributed by atoms with van der Waals surface area (Å²) in [7, 11) is 0. The van der Waals surface area contributed by atoms with Crippen LogP contribution in [0.2, 0.25) is 0 Å². The van der Waals surface area contributed by atoms with E-state index in [2.05, 4.69) is 28.7 Å². The van der Waals surface area contributed by atoms with Gasteiger partial charge in [0.1, 0.15) is 11.6 Å². The molecule has 0 saturated carbocycles. The number of nitrogens with zero attached hydrogens (tertiary/aromatic N) is 3. The van der Waals surface area contributed by atoms with Crippen LogP contribution in [0.3, 0.4) is 0 Å². The highest BCUT2D eigenvalue weighted by Gasteiger charge is 2.30. The van der Waals surface area contributed by atoms with E-state index in [1.165, 1.54) is 24.4 Å². The van der Waals surface area contributed by atoms with E-state index in [0.29, 0.717) is 34.5 Å². The van der Waals surface area contributed by atoms with Gasteiger partial charge in [0.05, 0.1) is 24.3 Å². The molecule has 1 aliphatic rings. The van der Waals surface area contributed by atoms with Crippen LogP contribution in [0.4, 0.5) is 20.3 Å². The average Bonchev–Trinajstić information content (AvgIpc) is 2.87. The van der Waals surface area contributed by atoms with Crippen molar-refractivity contribution in [3.8, 4) is 17.0 Å². The van der Waals surface area contributed by atoms with E-state index in [1.807, 2.05) is 0 Å². The van der Waals surface area contributed by atoms with Crippen molar-refractivity contribution in [3.05, 3.63) is 65.0 Å². The Balaban J connectivity index is 0.000000892. The zero-order valence-corrected chi connectivity index (χ0v) is 25.3. The van der Waals surface area contributed by atoms with Crippen molar-refractivity contribution in [2.24, 2.45) is 5.41 Å². The molecule has 1 fully saturated rings. The number of carbonyl (C=O) groups is 1. The number of ether oxygens (including phenoxy) is 1. The standard InChI is InChI=1S/C28H32F2N4O3.C4H10O/c1-17-21(15-23(35)36)25(34-11-9-28(2,3)10-12-34)24(26(31)33-17)19-14-22(30)27(32-16-19)37-13-8-18-4-6-20(29)7-5-18;1-4(2,3)5/h4-7,14,16H,8-13,15H2,1-3H3,(H2,31,33)(H,35,36);5H,1-3H3. The SMILES string of the molecule is CC(C)(C)O.Cc1nc(N)c(-c2cnc(OCCc3ccc(F)cc3)c(F)c2)c(N2CCC(C)(C)CC2)c1CC(=O)O. The summed E-state index contributed by atoms with van der Waals surface area (Å²) in [5.74, 6) is -1.93. The summed E-state index contributed by atoms with van der Waals surface area (Å²) in [5, 5.41) is 18.1. The lowest BCUT2D eigenvalue weighted by molar-refractivity contribution is -0.136. The summed E-state index contributed by atoms with van der Waals surface area (Å²) in [5.41, 5.74) is 9.56. The smallest absolute Gasteiger partial charge is 0.307 e. The fraction of sp³-hybridized carbons (Fsp3) is 0.469. The number of halogens is 2. The Hall–Kier alpha value is -3.79. The van der Waals surface area contributed by atoms with Crippen LogP contribution in [0.15, 0.2) is 36.5 Å².